The van der Waals surface area contributed by atoms with Crippen LogP contribution < -0.4 is 0 Å². The number of ether oxygens (including phenoxy) is 1. The van der Waals surface area contributed by atoms with Gasteiger partial charge in [-0.15, -0.1) is 0 Å². The van der Waals surface area contributed by atoms with Gasteiger partial charge in [0.05, 0.1) is 5.25 Å². The number of rotatable bonds is 1. The molecule has 0 saturated carbocycles. The summed E-state index contributed by atoms with van der Waals surface area (Å²) in [5.41, 5.74) is 0. The van der Waals surface area contributed by atoms with Crippen LogP contribution in [0.2, 0.25) is 0 Å². The van der Waals surface area contributed by atoms with Crippen LogP contribution in [0, 0.1) is 0 Å². The van der Waals surface area contributed by atoms with Crippen LogP contribution in [-0.2, 0) is 13.8 Å². The molecule has 0 aromatic carbocycles. The molecule has 0 aromatic heterocycles. The van der Waals surface area contributed by atoms with E-state index in [9.17, 15) is 8.42 Å². The lowest BCUT2D eigenvalue weighted by Gasteiger charge is -2.18. The number of hydrogen-bond donors (Lipinski definition) is 0. The van der Waals surface area contributed by atoms with Crippen LogP contribution in [0.3, 0.4) is 0 Å². The van der Waals surface area contributed by atoms with Crippen molar-refractivity contribution < 1.29 is 13.2 Å². The summed E-state index contributed by atoms with van der Waals surface area (Å²) in [6.07, 6.45) is 1.07. The maximum atomic E-state index is 10.7. The minimum absolute atomic E-state index is 0.386. The lowest BCUT2D eigenvalue weighted by atomic mass is 10.2. The lowest BCUT2D eigenvalue weighted by Crippen LogP contribution is -2.25. The third-order valence-corrected chi connectivity index (χ3v) is 3.59. The maximum absolute atomic E-state index is 10.7. The van der Waals surface area contributed by atoms with E-state index in [0.29, 0.717) is 26.1 Å². The average Bonchev–Trinajstić information content (AvgIpc) is 1.88. The molecule has 1 aliphatic heterocycles. The van der Waals surface area contributed by atoms with E-state index < -0.39 is 9.05 Å². The van der Waals surface area contributed by atoms with Crippen LogP contribution in [-0.4, -0.2) is 26.9 Å². The standard InChI is InChI=1S/C5H9ClO3S/c6-10(7,8)5-1-3-9-4-2-5/h5H,1-4H2. The topological polar surface area (TPSA) is 43.4 Å². The summed E-state index contributed by atoms with van der Waals surface area (Å²) in [7, 11) is 1.79. The van der Waals surface area contributed by atoms with Crippen LogP contribution in [0.1, 0.15) is 12.8 Å². The van der Waals surface area contributed by atoms with Gasteiger partial charge in [0.25, 0.3) is 0 Å². The first-order chi connectivity index (χ1) is 4.61. The quantitative estimate of drug-likeness (QED) is 0.565. The second kappa shape index (κ2) is 3.07. The summed E-state index contributed by atoms with van der Waals surface area (Å²) < 4.78 is 26.4. The van der Waals surface area contributed by atoms with Crippen LogP contribution in [0.4, 0.5) is 0 Å². The molecule has 10 heavy (non-hydrogen) atoms. The van der Waals surface area contributed by atoms with Crippen molar-refractivity contribution in [3.8, 4) is 0 Å². The molecular formula is C5H9ClO3S. The molecule has 60 valence electrons. The fourth-order valence-electron chi connectivity index (χ4n) is 0.957. The molecule has 0 unspecified atom stereocenters. The summed E-state index contributed by atoms with van der Waals surface area (Å²) in [5.74, 6) is 0. The van der Waals surface area contributed by atoms with E-state index in [1.807, 2.05) is 0 Å². The molecule has 1 heterocycles. The Labute approximate surface area is 64.7 Å². The number of hydrogen-bond acceptors (Lipinski definition) is 3. The zero-order valence-corrected chi connectivity index (χ0v) is 6.99. The van der Waals surface area contributed by atoms with E-state index in [4.69, 9.17) is 15.4 Å². The molecule has 0 bridgehead atoms. The third kappa shape index (κ3) is 2.11. The van der Waals surface area contributed by atoms with Crippen LogP contribution >= 0.6 is 10.7 Å². The molecule has 0 aromatic rings. The largest absolute Gasteiger partial charge is 0.381 e. The SMILES string of the molecule is O=S(=O)(Cl)C1CCOCC1. The van der Waals surface area contributed by atoms with Gasteiger partial charge < -0.3 is 4.74 Å². The smallest absolute Gasteiger partial charge is 0.235 e. The molecule has 1 aliphatic rings. The van der Waals surface area contributed by atoms with Crippen LogP contribution in [0.15, 0.2) is 0 Å². The number of halogens is 1. The van der Waals surface area contributed by atoms with Crippen LogP contribution in [0.25, 0.3) is 0 Å². The minimum Gasteiger partial charge on any atom is -0.381 e. The Morgan fingerprint density at radius 3 is 2.10 bits per heavy atom. The highest BCUT2D eigenvalue weighted by Gasteiger charge is 2.25. The summed E-state index contributed by atoms with van der Waals surface area (Å²) in [4.78, 5) is 0. The van der Waals surface area contributed by atoms with Gasteiger partial charge in [-0.05, 0) is 12.8 Å². The average molecular weight is 185 g/mol. The Bertz CT molecular complexity index is 193. The highest BCUT2D eigenvalue weighted by molar-refractivity contribution is 8.14. The van der Waals surface area contributed by atoms with Crippen molar-refractivity contribution in [2.75, 3.05) is 13.2 Å². The molecule has 0 spiro atoms. The van der Waals surface area contributed by atoms with Crippen LogP contribution in [0.5, 0.6) is 0 Å². The van der Waals surface area contributed by atoms with E-state index in [-0.39, 0.29) is 5.25 Å². The summed E-state index contributed by atoms with van der Waals surface area (Å²) in [5, 5.41) is -0.386. The molecule has 0 radical (unpaired) electrons. The van der Waals surface area contributed by atoms with Gasteiger partial charge in [0.2, 0.25) is 9.05 Å². The Balaban J connectivity index is 2.56. The highest BCUT2D eigenvalue weighted by Crippen LogP contribution is 2.18. The van der Waals surface area contributed by atoms with Crippen molar-refractivity contribution in [2.45, 2.75) is 18.1 Å². The van der Waals surface area contributed by atoms with Gasteiger partial charge in [-0.25, -0.2) is 8.42 Å². The van der Waals surface area contributed by atoms with Crippen molar-refractivity contribution >= 4 is 19.7 Å². The molecule has 0 atom stereocenters. The van der Waals surface area contributed by atoms with Crippen molar-refractivity contribution in [3.05, 3.63) is 0 Å². The van der Waals surface area contributed by atoms with E-state index in [1.165, 1.54) is 0 Å². The minimum atomic E-state index is -3.33. The highest BCUT2D eigenvalue weighted by atomic mass is 35.7. The first kappa shape index (κ1) is 8.30. The molecular weight excluding hydrogens is 176 g/mol. The van der Waals surface area contributed by atoms with E-state index in [1.54, 1.807) is 0 Å². The van der Waals surface area contributed by atoms with E-state index in [0.717, 1.165) is 0 Å². The van der Waals surface area contributed by atoms with Gasteiger partial charge in [-0.3, -0.25) is 0 Å². The van der Waals surface area contributed by atoms with Gasteiger partial charge in [-0.2, -0.15) is 0 Å². The van der Waals surface area contributed by atoms with Gasteiger partial charge >= 0.3 is 0 Å². The van der Waals surface area contributed by atoms with Crippen molar-refractivity contribution in [2.24, 2.45) is 0 Å². The molecule has 1 rings (SSSR count). The molecule has 1 fully saturated rings. The van der Waals surface area contributed by atoms with Crippen molar-refractivity contribution in [1.82, 2.24) is 0 Å². The Kier molecular flexibility index (Phi) is 2.55. The summed E-state index contributed by atoms with van der Waals surface area (Å²) >= 11 is 0. The molecule has 0 amide bonds. The predicted octanol–water partition coefficient (Wildman–Crippen LogP) is 0.734. The normalized spacial score (nSPS) is 22.9. The monoisotopic (exact) mass is 184 g/mol. The van der Waals surface area contributed by atoms with Crippen molar-refractivity contribution in [1.29, 1.82) is 0 Å². The molecule has 5 heteroatoms. The molecule has 0 N–H and O–H groups in total. The molecule has 3 nitrogen and oxygen atoms in total. The zero-order valence-electron chi connectivity index (χ0n) is 5.42. The fourth-order valence-corrected chi connectivity index (χ4v) is 2.25. The lowest BCUT2D eigenvalue weighted by molar-refractivity contribution is 0.0987. The Hall–Kier alpha value is 0.200. The van der Waals surface area contributed by atoms with Gasteiger partial charge in [0, 0.05) is 23.9 Å². The van der Waals surface area contributed by atoms with Gasteiger partial charge in [-0.1, -0.05) is 0 Å². The van der Waals surface area contributed by atoms with Gasteiger partial charge in [0.15, 0.2) is 0 Å². The molecule has 0 aliphatic carbocycles. The summed E-state index contributed by atoms with van der Waals surface area (Å²) in [6.45, 7) is 1.02. The van der Waals surface area contributed by atoms with E-state index >= 15 is 0 Å². The Morgan fingerprint density at radius 1 is 1.30 bits per heavy atom. The second-order valence-corrected chi connectivity index (χ2v) is 5.20. The van der Waals surface area contributed by atoms with Gasteiger partial charge in [0.1, 0.15) is 0 Å². The fraction of sp³-hybridized carbons (Fsp3) is 1.00. The zero-order chi connectivity index (χ0) is 7.61. The van der Waals surface area contributed by atoms with Crippen molar-refractivity contribution in [3.63, 3.8) is 0 Å². The summed E-state index contributed by atoms with van der Waals surface area (Å²) in [6, 6.07) is 0. The van der Waals surface area contributed by atoms with E-state index in [2.05, 4.69) is 0 Å². The maximum Gasteiger partial charge on any atom is 0.235 e. The second-order valence-electron chi connectivity index (χ2n) is 2.29. The third-order valence-electron chi connectivity index (χ3n) is 1.57. The Morgan fingerprint density at radius 2 is 1.80 bits per heavy atom. The predicted molar refractivity (Wildman–Crippen MR) is 38.6 cm³/mol. The first-order valence-electron chi connectivity index (χ1n) is 3.12. The molecule has 1 saturated heterocycles. The first-order valence-corrected chi connectivity index (χ1v) is 5.49.